The van der Waals surface area contributed by atoms with Crippen LogP contribution in [0.2, 0.25) is 0 Å². The normalized spacial score (nSPS) is 10.2. The third kappa shape index (κ3) is 4.52. The van der Waals surface area contributed by atoms with E-state index in [1.54, 1.807) is 24.3 Å². The topological polar surface area (TPSA) is 138 Å². The van der Waals surface area contributed by atoms with E-state index in [-0.39, 0.29) is 17.9 Å². The maximum Gasteiger partial charge on any atom is 0.311 e. The number of phenolic OH excluding ortho intramolecular Hbond substituents is 1. The number of hydrogen-bond donors (Lipinski definition) is 2. The van der Waals surface area contributed by atoms with Crippen LogP contribution in [0.3, 0.4) is 0 Å². The van der Waals surface area contributed by atoms with Crippen molar-refractivity contribution in [3.8, 4) is 17.6 Å². The Morgan fingerprint density at radius 3 is 2.84 bits per heavy atom. The summed E-state index contributed by atoms with van der Waals surface area (Å²) in [6, 6.07) is 12.3. The van der Waals surface area contributed by atoms with Crippen molar-refractivity contribution in [2.24, 2.45) is 5.10 Å². The van der Waals surface area contributed by atoms with Crippen molar-refractivity contribution < 1.29 is 19.6 Å². The molecule has 2 aromatic rings. The molecule has 0 saturated heterocycles. The van der Waals surface area contributed by atoms with E-state index in [1.807, 2.05) is 6.07 Å². The Labute approximate surface area is 141 Å². The molecule has 0 aromatic heterocycles. The molecule has 0 bridgehead atoms. The minimum absolute atomic E-state index is 0.0743. The fourth-order valence-electron chi connectivity index (χ4n) is 1.83. The second-order valence-corrected chi connectivity index (χ2v) is 4.66. The van der Waals surface area contributed by atoms with Gasteiger partial charge in [-0.3, -0.25) is 14.9 Å². The van der Waals surface area contributed by atoms with Gasteiger partial charge in [0, 0.05) is 11.6 Å². The van der Waals surface area contributed by atoms with Gasteiger partial charge >= 0.3 is 5.69 Å². The quantitative estimate of drug-likeness (QED) is 0.466. The van der Waals surface area contributed by atoms with Crippen LogP contribution in [0.15, 0.2) is 47.6 Å². The molecule has 0 unspecified atom stereocenters. The summed E-state index contributed by atoms with van der Waals surface area (Å²) in [5.41, 5.74) is 2.06. The highest BCUT2D eigenvalue weighted by Gasteiger charge is 2.15. The fraction of sp³-hybridized carbons (Fsp3) is 0.0625. The lowest BCUT2D eigenvalue weighted by Crippen LogP contribution is -2.24. The molecule has 0 atom stereocenters. The molecule has 0 fully saturated rings. The number of hydrogen-bond acceptors (Lipinski definition) is 7. The molecule has 0 radical (unpaired) electrons. The number of benzene rings is 2. The van der Waals surface area contributed by atoms with Crippen molar-refractivity contribution in [3.05, 3.63) is 63.7 Å². The Morgan fingerprint density at radius 2 is 2.12 bits per heavy atom. The first-order valence-electron chi connectivity index (χ1n) is 6.93. The average Bonchev–Trinajstić information content (AvgIpc) is 2.61. The Hall–Kier alpha value is -3.93. The summed E-state index contributed by atoms with van der Waals surface area (Å²) in [5, 5.41) is 33.0. The smallest absolute Gasteiger partial charge is 0.311 e. The summed E-state index contributed by atoms with van der Waals surface area (Å²) in [4.78, 5) is 21.7. The molecule has 0 heterocycles. The van der Waals surface area contributed by atoms with Crippen molar-refractivity contribution in [2.75, 3.05) is 6.61 Å². The summed E-state index contributed by atoms with van der Waals surface area (Å²) in [5.74, 6) is -0.890. The molecule has 9 heteroatoms. The molecule has 126 valence electrons. The molecule has 9 nitrogen and oxygen atoms in total. The molecular formula is C16H12N4O5. The van der Waals surface area contributed by atoms with Gasteiger partial charge in [0.15, 0.2) is 6.61 Å². The van der Waals surface area contributed by atoms with Crippen LogP contribution in [0.25, 0.3) is 0 Å². The van der Waals surface area contributed by atoms with Gasteiger partial charge in [-0.05, 0) is 18.2 Å². The maximum absolute atomic E-state index is 11.7. The fourth-order valence-corrected chi connectivity index (χ4v) is 1.83. The van der Waals surface area contributed by atoms with E-state index in [1.165, 1.54) is 12.1 Å². The molecule has 2 aromatic carbocycles. The lowest BCUT2D eigenvalue weighted by Gasteiger charge is -2.06. The lowest BCUT2D eigenvalue weighted by atomic mass is 10.2. The number of para-hydroxylation sites is 2. The Bertz CT molecular complexity index is 873. The first kappa shape index (κ1) is 17.4. The van der Waals surface area contributed by atoms with Gasteiger partial charge in [-0.2, -0.15) is 10.4 Å². The van der Waals surface area contributed by atoms with Crippen LogP contribution in [0.5, 0.6) is 11.5 Å². The van der Waals surface area contributed by atoms with Gasteiger partial charge < -0.3 is 9.84 Å². The average molecular weight is 340 g/mol. The van der Waals surface area contributed by atoms with Crippen LogP contribution in [-0.2, 0) is 4.79 Å². The standard InChI is InChI=1S/C16H12N4O5/c17-8-11-4-1-2-7-14(11)25-10-15(21)19-18-9-12-5-3-6-13(16(12)22)20(23)24/h1-7,9,22H,10H2,(H,19,21)/b18-9-. The van der Waals surface area contributed by atoms with E-state index in [2.05, 4.69) is 10.5 Å². The number of nitro groups is 1. The SMILES string of the molecule is N#Cc1ccccc1OCC(=O)N/N=C\c1cccc([N+](=O)[O-])c1O. The van der Waals surface area contributed by atoms with Crippen molar-refractivity contribution >= 4 is 17.8 Å². The summed E-state index contributed by atoms with van der Waals surface area (Å²) in [6.07, 6.45) is 1.07. The second kappa shape index (κ2) is 8.07. The van der Waals surface area contributed by atoms with Crippen molar-refractivity contribution in [1.82, 2.24) is 5.43 Å². The summed E-state index contributed by atoms with van der Waals surface area (Å²) >= 11 is 0. The number of phenols is 1. The zero-order valence-electron chi connectivity index (χ0n) is 12.7. The highest BCUT2D eigenvalue weighted by molar-refractivity contribution is 5.87. The van der Waals surface area contributed by atoms with Crippen LogP contribution < -0.4 is 10.2 Å². The van der Waals surface area contributed by atoms with E-state index in [9.17, 15) is 20.0 Å². The zero-order chi connectivity index (χ0) is 18.2. The van der Waals surface area contributed by atoms with Crippen LogP contribution in [-0.4, -0.2) is 28.8 Å². The predicted octanol–water partition coefficient (Wildman–Crippen LogP) is 1.70. The molecule has 2 rings (SSSR count). The highest BCUT2D eigenvalue weighted by atomic mass is 16.6. The number of nitrogens with zero attached hydrogens (tertiary/aromatic N) is 3. The molecule has 1 amide bonds. The third-order valence-corrected chi connectivity index (χ3v) is 3.00. The second-order valence-electron chi connectivity index (χ2n) is 4.66. The highest BCUT2D eigenvalue weighted by Crippen LogP contribution is 2.27. The first-order chi connectivity index (χ1) is 12.0. The molecule has 0 aliphatic heterocycles. The van der Waals surface area contributed by atoms with Crippen molar-refractivity contribution in [2.45, 2.75) is 0 Å². The van der Waals surface area contributed by atoms with Gasteiger partial charge in [0.05, 0.1) is 16.7 Å². The lowest BCUT2D eigenvalue weighted by molar-refractivity contribution is -0.385. The maximum atomic E-state index is 11.7. The van der Waals surface area contributed by atoms with Gasteiger partial charge in [-0.15, -0.1) is 0 Å². The summed E-state index contributed by atoms with van der Waals surface area (Å²) in [6.45, 7) is -0.378. The van der Waals surface area contributed by atoms with E-state index in [4.69, 9.17) is 10.00 Å². The number of hydrazone groups is 1. The molecule has 0 aliphatic carbocycles. The number of rotatable bonds is 6. The molecule has 25 heavy (non-hydrogen) atoms. The third-order valence-electron chi connectivity index (χ3n) is 3.00. The van der Waals surface area contributed by atoms with Gasteiger partial charge in [0.1, 0.15) is 11.8 Å². The minimum Gasteiger partial charge on any atom is -0.502 e. The monoisotopic (exact) mass is 340 g/mol. The number of aromatic hydroxyl groups is 1. The van der Waals surface area contributed by atoms with Crippen LogP contribution in [0, 0.1) is 21.4 Å². The molecule has 0 spiro atoms. The first-order valence-corrected chi connectivity index (χ1v) is 6.93. The van der Waals surface area contributed by atoms with E-state index in [0.29, 0.717) is 5.56 Å². The zero-order valence-corrected chi connectivity index (χ0v) is 12.7. The predicted molar refractivity (Wildman–Crippen MR) is 87.1 cm³/mol. The summed E-state index contributed by atoms with van der Waals surface area (Å²) in [7, 11) is 0. The van der Waals surface area contributed by atoms with E-state index < -0.39 is 22.3 Å². The number of nitro benzene ring substituents is 1. The summed E-state index contributed by atoms with van der Waals surface area (Å²) < 4.78 is 5.22. The number of nitriles is 1. The van der Waals surface area contributed by atoms with Gasteiger partial charge in [0.25, 0.3) is 5.91 Å². The number of carbonyl (C=O) groups is 1. The van der Waals surface area contributed by atoms with E-state index >= 15 is 0 Å². The van der Waals surface area contributed by atoms with Crippen LogP contribution >= 0.6 is 0 Å². The molecule has 0 aliphatic rings. The molecule has 0 saturated carbocycles. The number of ether oxygens (including phenoxy) is 1. The van der Waals surface area contributed by atoms with Crippen LogP contribution in [0.4, 0.5) is 5.69 Å². The van der Waals surface area contributed by atoms with Crippen LogP contribution in [0.1, 0.15) is 11.1 Å². The Morgan fingerprint density at radius 1 is 1.36 bits per heavy atom. The molecular weight excluding hydrogens is 328 g/mol. The minimum atomic E-state index is -0.730. The van der Waals surface area contributed by atoms with Gasteiger partial charge in [-0.25, -0.2) is 5.43 Å². The Kier molecular flexibility index (Phi) is 5.63. The van der Waals surface area contributed by atoms with Gasteiger partial charge in [0.2, 0.25) is 5.75 Å². The number of nitrogens with one attached hydrogen (secondary N) is 1. The Balaban J connectivity index is 1.94. The largest absolute Gasteiger partial charge is 0.502 e. The molecule has 2 N–H and O–H groups in total. The number of amides is 1. The number of carbonyl (C=O) groups excluding carboxylic acids is 1. The van der Waals surface area contributed by atoms with E-state index in [0.717, 1.165) is 12.3 Å². The van der Waals surface area contributed by atoms with Crippen molar-refractivity contribution in [3.63, 3.8) is 0 Å². The van der Waals surface area contributed by atoms with Crippen molar-refractivity contribution in [1.29, 1.82) is 5.26 Å². The van der Waals surface area contributed by atoms with Gasteiger partial charge in [-0.1, -0.05) is 18.2 Å².